The molecule has 0 radical (unpaired) electrons. The van der Waals surface area contributed by atoms with Crippen molar-refractivity contribution in [3.63, 3.8) is 0 Å². The summed E-state index contributed by atoms with van der Waals surface area (Å²) in [5.74, 6) is 1.78. The van der Waals surface area contributed by atoms with Gasteiger partial charge >= 0.3 is 0 Å². The summed E-state index contributed by atoms with van der Waals surface area (Å²) in [5, 5.41) is 11.9. The Labute approximate surface area is 167 Å². The summed E-state index contributed by atoms with van der Waals surface area (Å²) < 4.78 is 2.02. The highest BCUT2D eigenvalue weighted by molar-refractivity contribution is 5.94. The molecule has 1 aliphatic heterocycles. The van der Waals surface area contributed by atoms with Gasteiger partial charge < -0.3 is 5.32 Å². The molecule has 2 aliphatic rings. The number of hydrogen-bond donors (Lipinski definition) is 1. The van der Waals surface area contributed by atoms with Gasteiger partial charge in [0.2, 0.25) is 0 Å². The number of fused-ring (bicyclic) bond motifs is 1. The summed E-state index contributed by atoms with van der Waals surface area (Å²) in [7, 11) is 0. The van der Waals surface area contributed by atoms with Crippen molar-refractivity contribution in [2.24, 2.45) is 5.92 Å². The van der Waals surface area contributed by atoms with Gasteiger partial charge in [0.1, 0.15) is 0 Å². The quantitative estimate of drug-likeness (QED) is 0.794. The van der Waals surface area contributed by atoms with E-state index < -0.39 is 0 Å². The van der Waals surface area contributed by atoms with Gasteiger partial charge in [-0.2, -0.15) is 0 Å². The molecule has 7 nitrogen and oxygen atoms in total. The van der Waals surface area contributed by atoms with Crippen LogP contribution in [-0.4, -0.2) is 69.1 Å². The van der Waals surface area contributed by atoms with Crippen molar-refractivity contribution < 1.29 is 4.79 Å². The summed E-state index contributed by atoms with van der Waals surface area (Å²) in [6.45, 7) is 11.6. The van der Waals surface area contributed by atoms with E-state index in [1.165, 1.54) is 19.4 Å². The third-order valence-corrected chi connectivity index (χ3v) is 5.91. The lowest BCUT2D eigenvalue weighted by Crippen LogP contribution is -2.51. The maximum atomic E-state index is 12.4. The molecule has 4 rings (SSSR count). The Bertz CT molecular complexity index is 827. The second kappa shape index (κ2) is 8.17. The van der Waals surface area contributed by atoms with Gasteiger partial charge in [0.25, 0.3) is 5.91 Å². The fourth-order valence-corrected chi connectivity index (χ4v) is 4.14. The molecule has 1 N–H and O–H groups in total. The first-order valence-corrected chi connectivity index (χ1v) is 10.7. The lowest BCUT2D eigenvalue weighted by Gasteiger charge is -2.42. The summed E-state index contributed by atoms with van der Waals surface area (Å²) in [5.41, 5.74) is 1.45. The molecule has 0 unspecified atom stereocenters. The fraction of sp³-hybridized carbons (Fsp3) is 0.667. The van der Waals surface area contributed by atoms with E-state index in [4.69, 9.17) is 0 Å². The molecule has 1 saturated heterocycles. The normalized spacial score (nSPS) is 21.5. The molecule has 1 amide bonds. The van der Waals surface area contributed by atoms with Crippen LogP contribution in [-0.2, 0) is 0 Å². The van der Waals surface area contributed by atoms with Gasteiger partial charge in [-0.25, -0.2) is 0 Å². The van der Waals surface area contributed by atoms with Gasteiger partial charge in [-0.15, -0.1) is 10.2 Å². The van der Waals surface area contributed by atoms with E-state index in [1.54, 1.807) is 0 Å². The molecule has 0 spiro atoms. The minimum atomic E-state index is -0.0388. The van der Waals surface area contributed by atoms with E-state index in [0.717, 1.165) is 43.4 Å². The third-order valence-electron chi connectivity index (χ3n) is 5.91. The molecule has 0 aromatic carbocycles. The van der Waals surface area contributed by atoms with E-state index in [-0.39, 0.29) is 11.9 Å². The Morgan fingerprint density at radius 2 is 2.07 bits per heavy atom. The van der Waals surface area contributed by atoms with E-state index in [9.17, 15) is 4.79 Å². The summed E-state index contributed by atoms with van der Waals surface area (Å²) in [6, 6.07) is 4.36. The van der Waals surface area contributed by atoms with Crippen molar-refractivity contribution in [3.8, 4) is 0 Å². The standard InChI is InChI=1S/C21H32N6O/c1-4-9-22-21(28)17-7-8-19-23-24-20(27(19)13-17)18-14-25(12-16-5-6-16)10-11-26(18)15(2)3/h7-8,13,15-16,18H,4-6,9-12,14H2,1-3H3,(H,22,28)/t18-/m0/s1. The van der Waals surface area contributed by atoms with Crippen LogP contribution in [0.2, 0.25) is 0 Å². The van der Waals surface area contributed by atoms with Gasteiger partial charge in [-0.3, -0.25) is 19.0 Å². The molecule has 28 heavy (non-hydrogen) atoms. The van der Waals surface area contributed by atoms with Crippen LogP contribution in [0.5, 0.6) is 0 Å². The van der Waals surface area contributed by atoms with Crippen LogP contribution in [0, 0.1) is 5.92 Å². The average Bonchev–Trinajstić information content (AvgIpc) is 3.40. The zero-order valence-corrected chi connectivity index (χ0v) is 17.3. The Hall–Kier alpha value is -1.99. The SMILES string of the molecule is CCCNC(=O)c1ccc2nnc([C@@H]3CN(CC4CC4)CCN3C(C)C)n2c1. The third kappa shape index (κ3) is 4.05. The number of rotatable bonds is 7. The first kappa shape index (κ1) is 19.3. The molecule has 1 saturated carbocycles. The molecule has 2 aromatic heterocycles. The second-order valence-electron chi connectivity index (χ2n) is 8.51. The van der Waals surface area contributed by atoms with Crippen molar-refractivity contribution in [3.05, 3.63) is 29.7 Å². The van der Waals surface area contributed by atoms with Crippen LogP contribution in [0.1, 0.15) is 62.3 Å². The second-order valence-corrected chi connectivity index (χ2v) is 8.51. The highest BCUT2D eigenvalue weighted by Crippen LogP contribution is 2.33. The Morgan fingerprint density at radius 3 is 2.79 bits per heavy atom. The topological polar surface area (TPSA) is 65.8 Å². The van der Waals surface area contributed by atoms with E-state index >= 15 is 0 Å². The van der Waals surface area contributed by atoms with Crippen LogP contribution in [0.25, 0.3) is 5.65 Å². The minimum absolute atomic E-state index is 0.0388. The molecule has 152 valence electrons. The van der Waals surface area contributed by atoms with Crippen LogP contribution in [0.3, 0.4) is 0 Å². The highest BCUT2D eigenvalue weighted by Gasteiger charge is 2.35. The number of hydrogen-bond acceptors (Lipinski definition) is 5. The molecule has 2 fully saturated rings. The predicted octanol–water partition coefficient (Wildman–Crippen LogP) is 2.35. The molecule has 1 aliphatic carbocycles. The Kier molecular flexibility index (Phi) is 5.64. The number of nitrogens with one attached hydrogen (secondary N) is 1. The number of carbonyl (C=O) groups is 1. The van der Waals surface area contributed by atoms with Gasteiger partial charge in [0.05, 0.1) is 11.6 Å². The van der Waals surface area contributed by atoms with Crippen LogP contribution in [0.15, 0.2) is 18.3 Å². The summed E-state index contributed by atoms with van der Waals surface area (Å²) in [4.78, 5) is 17.5. The number of piperazine rings is 1. The number of aromatic nitrogens is 3. The molecule has 3 heterocycles. The molecular weight excluding hydrogens is 352 g/mol. The Balaban J connectivity index is 1.63. The Morgan fingerprint density at radius 1 is 1.25 bits per heavy atom. The maximum absolute atomic E-state index is 12.4. The minimum Gasteiger partial charge on any atom is -0.352 e. The molecule has 0 bridgehead atoms. The number of nitrogens with zero attached hydrogens (tertiary/aromatic N) is 5. The first-order valence-electron chi connectivity index (χ1n) is 10.7. The summed E-state index contributed by atoms with van der Waals surface area (Å²) in [6.07, 6.45) is 5.57. The van der Waals surface area contributed by atoms with Crippen molar-refractivity contribution in [2.75, 3.05) is 32.7 Å². The van der Waals surface area contributed by atoms with Crippen LogP contribution >= 0.6 is 0 Å². The van der Waals surface area contributed by atoms with Crippen molar-refractivity contribution in [2.45, 2.75) is 52.1 Å². The van der Waals surface area contributed by atoms with Gasteiger partial charge in [0, 0.05) is 45.0 Å². The smallest absolute Gasteiger partial charge is 0.252 e. The lowest BCUT2D eigenvalue weighted by atomic mass is 10.1. The van der Waals surface area contributed by atoms with Crippen molar-refractivity contribution in [1.29, 1.82) is 0 Å². The van der Waals surface area contributed by atoms with Crippen molar-refractivity contribution in [1.82, 2.24) is 29.7 Å². The average molecular weight is 385 g/mol. The van der Waals surface area contributed by atoms with E-state index in [0.29, 0.717) is 18.2 Å². The predicted molar refractivity (Wildman–Crippen MR) is 109 cm³/mol. The van der Waals surface area contributed by atoms with Gasteiger partial charge in [-0.05, 0) is 51.2 Å². The van der Waals surface area contributed by atoms with Crippen LogP contribution < -0.4 is 5.32 Å². The monoisotopic (exact) mass is 384 g/mol. The van der Waals surface area contributed by atoms with Gasteiger partial charge in [-0.1, -0.05) is 6.92 Å². The number of carbonyl (C=O) groups excluding carboxylic acids is 1. The molecule has 2 aromatic rings. The molecule has 1 atom stereocenters. The fourth-order valence-electron chi connectivity index (χ4n) is 4.14. The largest absolute Gasteiger partial charge is 0.352 e. The maximum Gasteiger partial charge on any atom is 0.252 e. The zero-order valence-electron chi connectivity index (χ0n) is 17.3. The van der Waals surface area contributed by atoms with Crippen LogP contribution in [0.4, 0.5) is 0 Å². The highest BCUT2D eigenvalue weighted by atomic mass is 16.1. The van der Waals surface area contributed by atoms with E-state index in [2.05, 4.69) is 46.1 Å². The summed E-state index contributed by atoms with van der Waals surface area (Å²) >= 11 is 0. The van der Waals surface area contributed by atoms with E-state index in [1.807, 2.05) is 22.7 Å². The lowest BCUT2D eigenvalue weighted by molar-refractivity contribution is 0.0437. The van der Waals surface area contributed by atoms with Gasteiger partial charge in [0.15, 0.2) is 11.5 Å². The van der Waals surface area contributed by atoms with Crippen molar-refractivity contribution >= 4 is 11.6 Å². The number of amides is 1. The number of pyridine rings is 1. The molecular formula is C21H32N6O. The zero-order chi connectivity index (χ0) is 19.7. The first-order chi connectivity index (χ1) is 13.6. The molecule has 7 heteroatoms.